The molecule has 0 aliphatic heterocycles. The molecule has 1 aromatic carbocycles. The van der Waals surface area contributed by atoms with E-state index in [-0.39, 0.29) is 17.6 Å². The molecule has 80 valence electrons. The molecule has 0 aromatic heterocycles. The molecule has 0 amide bonds. The zero-order chi connectivity index (χ0) is 11.4. The molecular formula is C8H9F2N5. The van der Waals surface area contributed by atoms with Crippen LogP contribution in [0.4, 0.5) is 14.5 Å². The average molecular weight is 213 g/mol. The summed E-state index contributed by atoms with van der Waals surface area (Å²) in [5.74, 6) is -2.08. The molecule has 0 saturated heterocycles. The van der Waals surface area contributed by atoms with Crippen LogP contribution in [0.5, 0.6) is 0 Å². The van der Waals surface area contributed by atoms with E-state index in [4.69, 9.17) is 17.2 Å². The molecule has 1 aromatic rings. The molecule has 0 heterocycles. The first-order chi connectivity index (χ1) is 6.97. The van der Waals surface area contributed by atoms with Gasteiger partial charge in [-0.2, -0.15) is 4.99 Å². The van der Waals surface area contributed by atoms with E-state index in [0.29, 0.717) is 0 Å². The lowest BCUT2D eigenvalue weighted by Crippen LogP contribution is -2.26. The molecule has 0 saturated carbocycles. The van der Waals surface area contributed by atoms with Crippen molar-refractivity contribution in [3.05, 3.63) is 29.8 Å². The average Bonchev–Trinajstić information content (AvgIpc) is 1.98. The number of hydrogen-bond donors (Lipinski definition) is 3. The lowest BCUT2D eigenvalue weighted by molar-refractivity contribution is 0.584. The van der Waals surface area contributed by atoms with Gasteiger partial charge in [0, 0.05) is 6.07 Å². The van der Waals surface area contributed by atoms with Crippen LogP contribution in [0.25, 0.3) is 0 Å². The fourth-order valence-electron chi connectivity index (χ4n) is 0.893. The predicted octanol–water partition coefficient (Wildman–Crippen LogP) is 0.184. The Bertz CT molecular complexity index is 403. The van der Waals surface area contributed by atoms with Crippen LogP contribution >= 0.6 is 0 Å². The summed E-state index contributed by atoms with van der Waals surface area (Å²) in [7, 11) is 0. The zero-order valence-corrected chi connectivity index (χ0v) is 7.61. The monoisotopic (exact) mass is 213 g/mol. The number of hydrogen-bond acceptors (Lipinski definition) is 1. The third kappa shape index (κ3) is 3.59. The van der Waals surface area contributed by atoms with E-state index in [9.17, 15) is 8.78 Å². The highest BCUT2D eigenvalue weighted by atomic mass is 19.1. The maximum absolute atomic E-state index is 12.7. The van der Waals surface area contributed by atoms with Gasteiger partial charge < -0.3 is 17.2 Å². The van der Waals surface area contributed by atoms with Gasteiger partial charge in [-0.3, -0.25) is 0 Å². The van der Waals surface area contributed by atoms with Gasteiger partial charge in [0.2, 0.25) is 5.96 Å². The summed E-state index contributed by atoms with van der Waals surface area (Å²) in [6.07, 6.45) is 0. The van der Waals surface area contributed by atoms with E-state index in [1.165, 1.54) is 0 Å². The standard InChI is InChI=1S/C8H9F2N5/c9-4-1-5(10)3-6(2-4)14-8(13)15-7(11)12/h1-3H,(H6,11,12,13,14,15). The van der Waals surface area contributed by atoms with Gasteiger partial charge in [-0.25, -0.2) is 13.8 Å². The van der Waals surface area contributed by atoms with E-state index < -0.39 is 11.6 Å². The van der Waals surface area contributed by atoms with E-state index in [0.717, 1.165) is 18.2 Å². The summed E-state index contributed by atoms with van der Waals surface area (Å²) < 4.78 is 25.4. The van der Waals surface area contributed by atoms with E-state index in [1.54, 1.807) is 0 Å². The maximum Gasteiger partial charge on any atom is 0.223 e. The molecule has 0 aliphatic carbocycles. The van der Waals surface area contributed by atoms with Gasteiger partial charge in [0.15, 0.2) is 5.96 Å². The quantitative estimate of drug-likeness (QED) is 0.458. The first kappa shape index (κ1) is 10.9. The van der Waals surface area contributed by atoms with Crippen molar-refractivity contribution in [1.82, 2.24) is 0 Å². The highest BCUT2D eigenvalue weighted by Gasteiger charge is 1.99. The third-order valence-electron chi connectivity index (χ3n) is 1.33. The summed E-state index contributed by atoms with van der Waals surface area (Å²) in [5.41, 5.74) is 15.3. The number of benzene rings is 1. The summed E-state index contributed by atoms with van der Waals surface area (Å²) >= 11 is 0. The Kier molecular flexibility index (Phi) is 3.17. The fourth-order valence-corrected chi connectivity index (χ4v) is 0.893. The normalized spacial score (nSPS) is 11.2. The number of guanidine groups is 2. The first-order valence-electron chi connectivity index (χ1n) is 3.87. The largest absolute Gasteiger partial charge is 0.370 e. The van der Waals surface area contributed by atoms with E-state index >= 15 is 0 Å². The molecule has 0 unspecified atom stereocenters. The SMILES string of the molecule is NC(N)=NC(N)=Nc1cc(F)cc(F)c1. The van der Waals surface area contributed by atoms with Crippen molar-refractivity contribution in [3.63, 3.8) is 0 Å². The van der Waals surface area contributed by atoms with Gasteiger partial charge in [-0.05, 0) is 12.1 Å². The lowest BCUT2D eigenvalue weighted by Gasteiger charge is -1.97. The molecule has 6 N–H and O–H groups in total. The molecule has 0 fully saturated rings. The molecule has 1 rings (SSSR count). The van der Waals surface area contributed by atoms with Crippen LogP contribution in [0.2, 0.25) is 0 Å². The topological polar surface area (TPSA) is 103 Å². The van der Waals surface area contributed by atoms with Crippen molar-refractivity contribution in [2.45, 2.75) is 0 Å². The van der Waals surface area contributed by atoms with E-state index in [1.807, 2.05) is 0 Å². The van der Waals surface area contributed by atoms with Crippen LogP contribution in [0.1, 0.15) is 0 Å². The van der Waals surface area contributed by atoms with Gasteiger partial charge in [0.25, 0.3) is 0 Å². The molecule has 0 radical (unpaired) electrons. The minimum absolute atomic E-state index is 0.00463. The maximum atomic E-state index is 12.7. The molecule has 5 nitrogen and oxygen atoms in total. The Balaban J connectivity index is 3.03. The minimum Gasteiger partial charge on any atom is -0.370 e. The number of aliphatic imine (C=N–C) groups is 2. The Hall–Kier alpha value is -2.18. The second-order valence-electron chi connectivity index (χ2n) is 2.63. The van der Waals surface area contributed by atoms with Crippen molar-refractivity contribution < 1.29 is 8.78 Å². The van der Waals surface area contributed by atoms with Gasteiger partial charge in [0.1, 0.15) is 11.6 Å². The van der Waals surface area contributed by atoms with Crippen molar-refractivity contribution in [2.24, 2.45) is 27.2 Å². The first-order valence-corrected chi connectivity index (χ1v) is 3.87. The number of rotatable bonds is 1. The number of halogens is 2. The van der Waals surface area contributed by atoms with Gasteiger partial charge >= 0.3 is 0 Å². The van der Waals surface area contributed by atoms with E-state index in [2.05, 4.69) is 9.98 Å². The minimum atomic E-state index is -0.758. The number of nitrogens with zero attached hydrogens (tertiary/aromatic N) is 2. The fraction of sp³-hybridized carbons (Fsp3) is 0. The lowest BCUT2D eigenvalue weighted by atomic mass is 10.3. The summed E-state index contributed by atoms with van der Waals surface area (Å²) in [4.78, 5) is 6.97. The summed E-state index contributed by atoms with van der Waals surface area (Å²) in [5, 5.41) is 0. The predicted molar refractivity (Wildman–Crippen MR) is 53.5 cm³/mol. The highest BCUT2D eigenvalue weighted by molar-refractivity contribution is 5.93. The third-order valence-corrected chi connectivity index (χ3v) is 1.33. The molecular weight excluding hydrogens is 204 g/mol. The Labute approximate surface area is 84.3 Å². The zero-order valence-electron chi connectivity index (χ0n) is 7.61. The van der Waals surface area contributed by atoms with Gasteiger partial charge in [-0.1, -0.05) is 0 Å². The summed E-state index contributed by atoms with van der Waals surface area (Å²) in [6.45, 7) is 0. The molecule has 0 spiro atoms. The van der Waals surface area contributed by atoms with Crippen LogP contribution in [0, 0.1) is 11.6 Å². The smallest absolute Gasteiger partial charge is 0.223 e. The summed E-state index contributed by atoms with van der Waals surface area (Å²) in [6, 6.07) is 2.71. The van der Waals surface area contributed by atoms with Crippen molar-refractivity contribution in [3.8, 4) is 0 Å². The molecule has 0 aliphatic rings. The van der Waals surface area contributed by atoms with Crippen LogP contribution < -0.4 is 17.2 Å². The van der Waals surface area contributed by atoms with Crippen molar-refractivity contribution in [1.29, 1.82) is 0 Å². The Morgan fingerprint density at radius 3 is 2.00 bits per heavy atom. The molecule has 0 atom stereocenters. The molecule has 7 heteroatoms. The van der Waals surface area contributed by atoms with Crippen LogP contribution in [0.15, 0.2) is 28.2 Å². The van der Waals surface area contributed by atoms with Crippen LogP contribution in [-0.2, 0) is 0 Å². The van der Waals surface area contributed by atoms with Crippen molar-refractivity contribution >= 4 is 17.6 Å². The Morgan fingerprint density at radius 2 is 1.53 bits per heavy atom. The molecule has 15 heavy (non-hydrogen) atoms. The number of nitrogens with two attached hydrogens (primary N) is 3. The Morgan fingerprint density at radius 1 is 1.00 bits per heavy atom. The second-order valence-corrected chi connectivity index (χ2v) is 2.63. The van der Waals surface area contributed by atoms with Crippen molar-refractivity contribution in [2.75, 3.05) is 0 Å². The van der Waals surface area contributed by atoms with Gasteiger partial charge in [-0.15, -0.1) is 0 Å². The van der Waals surface area contributed by atoms with Crippen LogP contribution in [0.3, 0.4) is 0 Å². The van der Waals surface area contributed by atoms with Gasteiger partial charge in [0.05, 0.1) is 5.69 Å². The molecule has 0 bridgehead atoms. The highest BCUT2D eigenvalue weighted by Crippen LogP contribution is 2.15. The van der Waals surface area contributed by atoms with Crippen LogP contribution in [-0.4, -0.2) is 11.9 Å². The second kappa shape index (κ2) is 4.36.